The van der Waals surface area contributed by atoms with Gasteiger partial charge in [0.15, 0.2) is 0 Å². The molecule has 6 nitrogen and oxygen atoms in total. The smallest absolute Gasteiger partial charge is 0.257 e. The molecule has 0 spiro atoms. The fraction of sp³-hybridized carbons (Fsp3) is 0.440. The van der Waals surface area contributed by atoms with Crippen molar-refractivity contribution in [1.82, 2.24) is 10.3 Å². The first kappa shape index (κ1) is 21.4. The molecule has 0 aromatic heterocycles. The number of methoxy groups -OCH3 is 1. The lowest BCUT2D eigenvalue weighted by atomic mass is 10.0. The number of hydrazone groups is 1. The van der Waals surface area contributed by atoms with Crippen LogP contribution in [0.1, 0.15) is 42.4 Å². The van der Waals surface area contributed by atoms with Gasteiger partial charge in [-0.25, -0.2) is 5.43 Å². The zero-order valence-corrected chi connectivity index (χ0v) is 18.5. The molecular formula is C25H32N4O2. The van der Waals surface area contributed by atoms with Gasteiger partial charge in [-0.05, 0) is 74.7 Å². The molecule has 164 valence electrons. The molecule has 0 radical (unpaired) electrons. The van der Waals surface area contributed by atoms with E-state index >= 15 is 0 Å². The molecule has 31 heavy (non-hydrogen) atoms. The van der Waals surface area contributed by atoms with Crippen LogP contribution in [0.4, 0.5) is 5.69 Å². The molecule has 2 aliphatic rings. The third kappa shape index (κ3) is 5.07. The molecule has 0 unspecified atom stereocenters. The van der Waals surface area contributed by atoms with Gasteiger partial charge in [-0.2, -0.15) is 5.10 Å². The molecule has 0 saturated carbocycles. The SMILES string of the molecule is COc1ccc(/C=N\NC(=O)[C@H]2CCCCN2C)cc1CN1CCCc2ccccc21. The van der Waals surface area contributed by atoms with Crippen LogP contribution in [0, 0.1) is 0 Å². The number of fused-ring (bicyclic) bond motifs is 1. The van der Waals surface area contributed by atoms with Gasteiger partial charge in [-0.1, -0.05) is 24.6 Å². The van der Waals surface area contributed by atoms with E-state index in [0.717, 1.165) is 68.6 Å². The van der Waals surface area contributed by atoms with Crippen molar-refractivity contribution >= 4 is 17.8 Å². The Hall–Kier alpha value is -2.86. The molecule has 0 aliphatic carbocycles. The number of hydrogen-bond donors (Lipinski definition) is 1. The number of rotatable bonds is 6. The summed E-state index contributed by atoms with van der Waals surface area (Å²) in [4.78, 5) is 17.0. The summed E-state index contributed by atoms with van der Waals surface area (Å²) >= 11 is 0. The Balaban J connectivity index is 1.45. The summed E-state index contributed by atoms with van der Waals surface area (Å²) in [5.41, 5.74) is 7.48. The molecule has 4 rings (SSSR count). The molecule has 1 fully saturated rings. The Morgan fingerprint density at radius 3 is 2.90 bits per heavy atom. The summed E-state index contributed by atoms with van der Waals surface area (Å²) in [5, 5.41) is 4.22. The van der Waals surface area contributed by atoms with Gasteiger partial charge in [0.05, 0.1) is 19.4 Å². The second-order valence-electron chi connectivity index (χ2n) is 8.45. The highest BCUT2D eigenvalue weighted by molar-refractivity contribution is 5.85. The van der Waals surface area contributed by atoms with Gasteiger partial charge in [0.2, 0.25) is 0 Å². The topological polar surface area (TPSA) is 57.2 Å². The highest BCUT2D eigenvalue weighted by Crippen LogP contribution is 2.30. The van der Waals surface area contributed by atoms with E-state index in [9.17, 15) is 4.79 Å². The van der Waals surface area contributed by atoms with Gasteiger partial charge in [-0.3, -0.25) is 9.69 Å². The third-order valence-electron chi connectivity index (χ3n) is 6.33. The number of para-hydroxylation sites is 1. The summed E-state index contributed by atoms with van der Waals surface area (Å²) in [5.74, 6) is 0.838. The lowest BCUT2D eigenvalue weighted by molar-refractivity contribution is -0.126. The highest BCUT2D eigenvalue weighted by Gasteiger charge is 2.25. The summed E-state index contributed by atoms with van der Waals surface area (Å²) in [6.07, 6.45) is 7.14. The van der Waals surface area contributed by atoms with Crippen LogP contribution in [0.5, 0.6) is 5.75 Å². The first-order valence-corrected chi connectivity index (χ1v) is 11.2. The van der Waals surface area contributed by atoms with E-state index < -0.39 is 0 Å². The fourth-order valence-corrected chi connectivity index (χ4v) is 4.64. The molecule has 2 aromatic carbocycles. The zero-order chi connectivity index (χ0) is 21.6. The van der Waals surface area contributed by atoms with E-state index in [1.807, 2.05) is 19.2 Å². The number of piperidine rings is 1. The normalized spacial score (nSPS) is 19.3. The Kier molecular flexibility index (Phi) is 6.87. The van der Waals surface area contributed by atoms with E-state index in [1.165, 1.54) is 11.3 Å². The zero-order valence-electron chi connectivity index (χ0n) is 18.5. The molecular weight excluding hydrogens is 388 g/mol. The van der Waals surface area contributed by atoms with Crippen LogP contribution >= 0.6 is 0 Å². The molecule has 1 N–H and O–H groups in total. The van der Waals surface area contributed by atoms with E-state index in [4.69, 9.17) is 4.74 Å². The van der Waals surface area contributed by atoms with Gasteiger partial charge >= 0.3 is 0 Å². The second kappa shape index (κ2) is 9.96. The molecule has 1 atom stereocenters. The number of aryl methyl sites for hydroxylation is 1. The number of likely N-dealkylation sites (N-methyl/N-ethyl adjacent to an activating group) is 1. The van der Waals surface area contributed by atoms with E-state index in [1.54, 1.807) is 13.3 Å². The number of amides is 1. The summed E-state index contributed by atoms with van der Waals surface area (Å²) < 4.78 is 5.62. The highest BCUT2D eigenvalue weighted by atomic mass is 16.5. The van der Waals surface area contributed by atoms with Crippen molar-refractivity contribution in [3.8, 4) is 5.75 Å². The molecule has 2 aliphatic heterocycles. The minimum atomic E-state index is -0.0866. The van der Waals surface area contributed by atoms with Crippen molar-refractivity contribution < 1.29 is 9.53 Å². The summed E-state index contributed by atoms with van der Waals surface area (Å²) in [7, 11) is 3.71. The summed E-state index contributed by atoms with van der Waals surface area (Å²) in [6, 6.07) is 14.6. The molecule has 2 aromatic rings. The first-order valence-electron chi connectivity index (χ1n) is 11.2. The van der Waals surface area contributed by atoms with Crippen molar-refractivity contribution in [1.29, 1.82) is 0 Å². The van der Waals surface area contributed by atoms with Crippen molar-refractivity contribution in [3.05, 3.63) is 59.2 Å². The van der Waals surface area contributed by atoms with E-state index in [-0.39, 0.29) is 11.9 Å². The standard InChI is InChI=1S/C25H32N4O2/c1-28-14-6-5-11-23(28)25(30)27-26-17-19-12-13-24(31-2)21(16-19)18-29-15-7-9-20-8-3-4-10-22(20)29/h3-4,8,10,12-13,16-17,23H,5-7,9,11,14-15,18H2,1-2H3,(H,27,30)/b26-17-/t23-/m1/s1. The van der Waals surface area contributed by atoms with Crippen molar-refractivity contribution in [3.63, 3.8) is 0 Å². The average Bonchev–Trinajstić information content (AvgIpc) is 2.80. The van der Waals surface area contributed by atoms with Crippen LogP contribution in [0.3, 0.4) is 0 Å². The van der Waals surface area contributed by atoms with Crippen LogP contribution in [0.25, 0.3) is 0 Å². The molecule has 1 amide bonds. The van der Waals surface area contributed by atoms with Gasteiger partial charge in [-0.15, -0.1) is 0 Å². The van der Waals surface area contributed by atoms with Crippen molar-refractivity contribution in [2.75, 3.05) is 32.1 Å². The van der Waals surface area contributed by atoms with Gasteiger partial charge in [0.1, 0.15) is 5.75 Å². The number of carbonyl (C=O) groups excluding carboxylic acids is 1. The fourth-order valence-electron chi connectivity index (χ4n) is 4.64. The number of nitrogens with zero attached hydrogens (tertiary/aromatic N) is 3. The number of hydrogen-bond acceptors (Lipinski definition) is 5. The Labute approximate surface area is 184 Å². The molecule has 6 heteroatoms. The second-order valence-corrected chi connectivity index (χ2v) is 8.45. The largest absolute Gasteiger partial charge is 0.496 e. The van der Waals surface area contributed by atoms with Crippen molar-refractivity contribution in [2.45, 2.75) is 44.7 Å². The molecule has 0 bridgehead atoms. The van der Waals surface area contributed by atoms with E-state index in [0.29, 0.717) is 0 Å². The summed E-state index contributed by atoms with van der Waals surface area (Å²) in [6.45, 7) is 2.77. The van der Waals surface area contributed by atoms with Crippen LogP contribution in [-0.4, -0.2) is 50.3 Å². The molecule has 2 heterocycles. The minimum Gasteiger partial charge on any atom is -0.496 e. The first-order chi connectivity index (χ1) is 15.2. The average molecular weight is 421 g/mol. The number of anilines is 1. The van der Waals surface area contributed by atoms with Crippen LogP contribution in [-0.2, 0) is 17.8 Å². The number of likely N-dealkylation sites (tertiary alicyclic amines) is 1. The lowest BCUT2D eigenvalue weighted by Crippen LogP contribution is -2.46. The quantitative estimate of drug-likeness (QED) is 0.573. The van der Waals surface area contributed by atoms with Crippen LogP contribution in [0.2, 0.25) is 0 Å². The number of carbonyl (C=O) groups is 1. The Morgan fingerprint density at radius 1 is 1.19 bits per heavy atom. The van der Waals surface area contributed by atoms with Gasteiger partial charge in [0, 0.05) is 24.3 Å². The maximum atomic E-state index is 12.5. The van der Waals surface area contributed by atoms with Gasteiger partial charge < -0.3 is 9.64 Å². The minimum absolute atomic E-state index is 0.0305. The maximum absolute atomic E-state index is 12.5. The van der Waals surface area contributed by atoms with Crippen molar-refractivity contribution in [2.24, 2.45) is 5.10 Å². The number of ether oxygens (including phenoxy) is 1. The van der Waals surface area contributed by atoms with E-state index in [2.05, 4.69) is 50.7 Å². The predicted octanol–water partition coefficient (Wildman–Crippen LogP) is 3.58. The molecule has 1 saturated heterocycles. The number of nitrogens with one attached hydrogen (secondary N) is 1. The number of benzene rings is 2. The monoisotopic (exact) mass is 420 g/mol. The van der Waals surface area contributed by atoms with Gasteiger partial charge in [0.25, 0.3) is 5.91 Å². The van der Waals surface area contributed by atoms with Crippen LogP contribution < -0.4 is 15.1 Å². The third-order valence-corrected chi connectivity index (χ3v) is 6.33. The maximum Gasteiger partial charge on any atom is 0.257 e. The Morgan fingerprint density at radius 2 is 2.06 bits per heavy atom. The predicted molar refractivity (Wildman–Crippen MR) is 125 cm³/mol. The lowest BCUT2D eigenvalue weighted by Gasteiger charge is -2.31. The Bertz CT molecular complexity index is 943. The van der Waals surface area contributed by atoms with Crippen LogP contribution in [0.15, 0.2) is 47.6 Å².